The molecule has 0 unspecified atom stereocenters. The van der Waals surface area contributed by atoms with Crippen LogP contribution >= 0.6 is 11.3 Å². The number of nitrogens with zero attached hydrogens (tertiary/aromatic N) is 3. The summed E-state index contributed by atoms with van der Waals surface area (Å²) in [5.41, 5.74) is 2.20. The van der Waals surface area contributed by atoms with Gasteiger partial charge in [0, 0.05) is 12.7 Å². The molecule has 3 heterocycles. The van der Waals surface area contributed by atoms with Crippen LogP contribution in [0.15, 0.2) is 41.2 Å². The van der Waals surface area contributed by atoms with Crippen molar-refractivity contribution in [2.24, 2.45) is 0 Å². The van der Waals surface area contributed by atoms with Crippen LogP contribution in [0.1, 0.15) is 11.4 Å². The van der Waals surface area contributed by atoms with E-state index in [1.807, 2.05) is 28.8 Å². The van der Waals surface area contributed by atoms with Gasteiger partial charge in [0.25, 0.3) is 0 Å². The molecule has 0 bridgehead atoms. The van der Waals surface area contributed by atoms with Crippen LogP contribution in [0.5, 0.6) is 0 Å². The van der Waals surface area contributed by atoms with Gasteiger partial charge in [0.15, 0.2) is 11.5 Å². The molecule has 1 N–H and O–H groups in total. The molecule has 0 aromatic carbocycles. The topological polar surface area (TPSA) is 42.2 Å². The van der Waals surface area contributed by atoms with E-state index < -0.39 is 0 Å². The van der Waals surface area contributed by atoms with Crippen LogP contribution < -0.4 is 5.32 Å². The first kappa shape index (κ1) is 10.4. The van der Waals surface area contributed by atoms with Gasteiger partial charge < -0.3 is 5.32 Å². The number of nitrogens with one attached hydrogen (secondary N) is 1. The van der Waals surface area contributed by atoms with E-state index in [4.69, 9.17) is 0 Å². The smallest absolute Gasteiger partial charge is 0.160 e. The Kier molecular flexibility index (Phi) is 2.85. The highest BCUT2D eigenvalue weighted by molar-refractivity contribution is 7.07. The fraction of sp³-hybridized carbons (Fsp3) is 0.167. The van der Waals surface area contributed by atoms with E-state index in [1.165, 1.54) is 5.56 Å². The number of thiophene rings is 1. The van der Waals surface area contributed by atoms with Crippen LogP contribution in [0.2, 0.25) is 0 Å². The Labute approximate surface area is 103 Å². The lowest BCUT2D eigenvalue weighted by molar-refractivity contribution is 0.658. The van der Waals surface area contributed by atoms with Gasteiger partial charge in [-0.1, -0.05) is 6.07 Å². The van der Waals surface area contributed by atoms with Gasteiger partial charge in [-0.2, -0.15) is 11.3 Å². The van der Waals surface area contributed by atoms with Crippen molar-refractivity contribution < 1.29 is 0 Å². The number of pyridine rings is 1. The fourth-order valence-corrected chi connectivity index (χ4v) is 2.39. The average molecular weight is 244 g/mol. The van der Waals surface area contributed by atoms with Gasteiger partial charge in [0.2, 0.25) is 0 Å². The second-order valence-electron chi connectivity index (χ2n) is 3.78. The minimum Gasteiger partial charge on any atom is -0.306 e. The van der Waals surface area contributed by atoms with Crippen LogP contribution in [0.25, 0.3) is 5.65 Å². The highest BCUT2D eigenvalue weighted by Gasteiger charge is 2.03. The van der Waals surface area contributed by atoms with Crippen molar-refractivity contribution in [2.45, 2.75) is 13.1 Å². The van der Waals surface area contributed by atoms with Gasteiger partial charge in [-0.3, -0.25) is 4.40 Å². The highest BCUT2D eigenvalue weighted by atomic mass is 32.1. The van der Waals surface area contributed by atoms with Crippen molar-refractivity contribution in [3.8, 4) is 0 Å². The summed E-state index contributed by atoms with van der Waals surface area (Å²) in [5, 5.41) is 15.9. The van der Waals surface area contributed by atoms with Gasteiger partial charge in [-0.15, -0.1) is 10.2 Å². The zero-order chi connectivity index (χ0) is 11.5. The zero-order valence-corrected chi connectivity index (χ0v) is 10.0. The van der Waals surface area contributed by atoms with Crippen LogP contribution in [0.3, 0.4) is 0 Å². The van der Waals surface area contributed by atoms with Crippen LogP contribution in [0, 0.1) is 0 Å². The van der Waals surface area contributed by atoms with Gasteiger partial charge in [-0.25, -0.2) is 0 Å². The molecule has 0 saturated heterocycles. The third-order valence-corrected chi connectivity index (χ3v) is 3.31. The second kappa shape index (κ2) is 4.65. The van der Waals surface area contributed by atoms with Crippen molar-refractivity contribution in [2.75, 3.05) is 0 Å². The van der Waals surface area contributed by atoms with Crippen LogP contribution in [-0.2, 0) is 13.1 Å². The van der Waals surface area contributed by atoms with E-state index in [1.54, 1.807) is 11.3 Å². The first-order valence-corrected chi connectivity index (χ1v) is 6.38. The maximum Gasteiger partial charge on any atom is 0.160 e. The Morgan fingerprint density at radius 2 is 2.18 bits per heavy atom. The molecule has 0 saturated carbocycles. The first-order chi connectivity index (χ1) is 8.43. The minimum atomic E-state index is 0.723. The quantitative estimate of drug-likeness (QED) is 0.764. The first-order valence-electron chi connectivity index (χ1n) is 5.44. The minimum absolute atomic E-state index is 0.723. The molecular weight excluding hydrogens is 232 g/mol. The lowest BCUT2D eigenvalue weighted by Gasteiger charge is -2.01. The lowest BCUT2D eigenvalue weighted by atomic mass is 10.3. The van der Waals surface area contributed by atoms with Crippen LogP contribution in [0.4, 0.5) is 0 Å². The third kappa shape index (κ3) is 2.20. The molecule has 0 amide bonds. The average Bonchev–Trinajstić information content (AvgIpc) is 2.99. The molecule has 0 aliphatic heterocycles. The molecule has 3 rings (SSSR count). The summed E-state index contributed by atoms with van der Waals surface area (Å²) in [4.78, 5) is 0. The number of hydrogen-bond acceptors (Lipinski definition) is 4. The largest absolute Gasteiger partial charge is 0.306 e. The van der Waals surface area contributed by atoms with Crippen molar-refractivity contribution in [3.63, 3.8) is 0 Å². The van der Waals surface area contributed by atoms with Gasteiger partial charge >= 0.3 is 0 Å². The Hall–Kier alpha value is -1.72. The zero-order valence-electron chi connectivity index (χ0n) is 9.21. The Balaban J connectivity index is 1.69. The normalized spacial score (nSPS) is 11.1. The summed E-state index contributed by atoms with van der Waals surface area (Å²) < 4.78 is 2.00. The van der Waals surface area contributed by atoms with E-state index in [2.05, 4.69) is 32.3 Å². The Bertz CT molecular complexity index is 600. The molecule has 0 aliphatic carbocycles. The van der Waals surface area contributed by atoms with E-state index in [0.29, 0.717) is 0 Å². The van der Waals surface area contributed by atoms with E-state index in [-0.39, 0.29) is 0 Å². The number of fused-ring (bicyclic) bond motifs is 1. The molecule has 0 radical (unpaired) electrons. The number of hydrogen-bond donors (Lipinski definition) is 1. The number of aromatic nitrogens is 3. The lowest BCUT2D eigenvalue weighted by Crippen LogP contribution is -2.14. The van der Waals surface area contributed by atoms with Gasteiger partial charge in [0.05, 0.1) is 6.54 Å². The summed E-state index contributed by atoms with van der Waals surface area (Å²) in [6, 6.07) is 8.03. The molecule has 0 spiro atoms. The van der Waals surface area contributed by atoms with Crippen molar-refractivity contribution in [1.29, 1.82) is 0 Å². The van der Waals surface area contributed by atoms with Crippen molar-refractivity contribution >= 4 is 17.0 Å². The molecule has 0 atom stereocenters. The van der Waals surface area contributed by atoms with Crippen molar-refractivity contribution in [1.82, 2.24) is 19.9 Å². The molecule has 3 aromatic heterocycles. The summed E-state index contributed by atoms with van der Waals surface area (Å²) in [7, 11) is 0. The predicted molar refractivity (Wildman–Crippen MR) is 67.8 cm³/mol. The molecule has 3 aromatic rings. The Morgan fingerprint density at radius 3 is 3.06 bits per heavy atom. The Morgan fingerprint density at radius 1 is 1.18 bits per heavy atom. The fourth-order valence-electron chi connectivity index (χ4n) is 1.72. The molecule has 5 heteroatoms. The molecular formula is C12H12N4S. The van der Waals surface area contributed by atoms with E-state index in [9.17, 15) is 0 Å². The van der Waals surface area contributed by atoms with Crippen LogP contribution in [-0.4, -0.2) is 14.6 Å². The van der Waals surface area contributed by atoms with Gasteiger partial charge in [0.1, 0.15) is 0 Å². The third-order valence-electron chi connectivity index (χ3n) is 2.58. The SMILES string of the molecule is c1ccn2c(CNCc3ccsc3)nnc2c1. The van der Waals surface area contributed by atoms with E-state index >= 15 is 0 Å². The molecule has 17 heavy (non-hydrogen) atoms. The van der Waals surface area contributed by atoms with Gasteiger partial charge in [-0.05, 0) is 34.5 Å². The maximum atomic E-state index is 4.17. The number of rotatable bonds is 4. The standard InChI is InChI=1S/C12H12N4S/c1-2-5-16-11(3-1)14-15-12(16)8-13-7-10-4-6-17-9-10/h1-6,9,13H,7-8H2. The summed E-state index contributed by atoms with van der Waals surface area (Å²) >= 11 is 1.72. The maximum absolute atomic E-state index is 4.17. The highest BCUT2D eigenvalue weighted by Crippen LogP contribution is 2.06. The summed E-state index contributed by atoms with van der Waals surface area (Å²) in [5.74, 6) is 0.941. The summed E-state index contributed by atoms with van der Waals surface area (Å²) in [6.07, 6.45) is 1.98. The van der Waals surface area contributed by atoms with Crippen molar-refractivity contribution in [3.05, 3.63) is 52.6 Å². The molecule has 0 fully saturated rings. The second-order valence-corrected chi connectivity index (χ2v) is 4.56. The molecule has 86 valence electrons. The predicted octanol–water partition coefficient (Wildman–Crippen LogP) is 2.08. The van der Waals surface area contributed by atoms with E-state index in [0.717, 1.165) is 24.6 Å². The molecule has 4 nitrogen and oxygen atoms in total. The molecule has 0 aliphatic rings. The summed E-state index contributed by atoms with van der Waals surface area (Å²) in [6.45, 7) is 1.59. The monoisotopic (exact) mass is 244 g/mol.